The number of ketones is 1. The molecule has 0 radical (unpaired) electrons. The molecule has 30 heavy (non-hydrogen) atoms. The molecule has 0 fully saturated rings. The van der Waals surface area contributed by atoms with E-state index < -0.39 is 11.3 Å². The summed E-state index contributed by atoms with van der Waals surface area (Å²) in [6.45, 7) is 1.88. The van der Waals surface area contributed by atoms with E-state index in [1.54, 1.807) is 24.5 Å². The first-order valence-corrected chi connectivity index (χ1v) is 10.2. The second kappa shape index (κ2) is 6.34. The number of aryl methyl sites for hydroxylation is 1. The van der Waals surface area contributed by atoms with Crippen LogP contribution in [0.1, 0.15) is 35.6 Å². The fourth-order valence-corrected chi connectivity index (χ4v) is 5.35. The van der Waals surface area contributed by atoms with Gasteiger partial charge in [0.05, 0.1) is 11.8 Å². The van der Waals surface area contributed by atoms with Gasteiger partial charge in [-0.2, -0.15) is 5.26 Å². The quantitative estimate of drug-likeness (QED) is 0.662. The van der Waals surface area contributed by atoms with E-state index in [9.17, 15) is 14.9 Å². The van der Waals surface area contributed by atoms with Crippen molar-refractivity contribution >= 4 is 33.3 Å². The number of carbonyl (C=O) groups excluding carboxylic acids is 2. The molecule has 2 aromatic rings. The second-order valence-corrected chi connectivity index (χ2v) is 8.41. The van der Waals surface area contributed by atoms with Gasteiger partial charge in [-0.05, 0) is 30.7 Å². The zero-order valence-electron chi connectivity index (χ0n) is 15.9. The minimum atomic E-state index is -1.64. The van der Waals surface area contributed by atoms with Gasteiger partial charge in [0.1, 0.15) is 28.6 Å². The minimum absolute atomic E-state index is 0.0754. The van der Waals surface area contributed by atoms with Gasteiger partial charge in [-0.15, -0.1) is 0 Å². The number of ether oxygens (including phenoxy) is 1. The van der Waals surface area contributed by atoms with Crippen LogP contribution >= 0.6 is 15.9 Å². The summed E-state index contributed by atoms with van der Waals surface area (Å²) in [6.07, 6.45) is 2.03. The maximum atomic E-state index is 13.5. The van der Waals surface area contributed by atoms with E-state index in [0.717, 1.165) is 5.56 Å². The molecule has 1 aromatic heterocycles. The molecule has 2 aliphatic heterocycles. The normalized spacial score (nSPS) is 25.0. The van der Waals surface area contributed by atoms with Gasteiger partial charge in [0, 0.05) is 34.5 Å². The van der Waals surface area contributed by atoms with Crippen molar-refractivity contribution in [2.75, 3.05) is 5.32 Å². The lowest BCUT2D eigenvalue weighted by atomic mass is 9.64. The van der Waals surface area contributed by atoms with Crippen LogP contribution in [-0.2, 0) is 19.7 Å². The fourth-order valence-electron chi connectivity index (χ4n) is 4.71. The van der Waals surface area contributed by atoms with Crippen LogP contribution in [-0.4, -0.2) is 11.7 Å². The molecule has 1 aliphatic carbocycles. The number of Topliss-reactive ketones (excluding diaryl/α,β-unsaturated/α-hetero) is 1. The molecule has 0 bridgehead atoms. The molecule has 0 saturated heterocycles. The summed E-state index contributed by atoms with van der Waals surface area (Å²) in [7, 11) is 0. The fraction of sp³-hybridized carbons (Fsp3) is 0.227. The molecule has 7 nitrogen and oxygen atoms in total. The van der Waals surface area contributed by atoms with E-state index in [-0.39, 0.29) is 35.2 Å². The number of nitrogens with two attached hydrogens (primary N) is 1. The van der Waals surface area contributed by atoms with Crippen LogP contribution in [0, 0.1) is 18.3 Å². The Morgan fingerprint density at radius 1 is 1.30 bits per heavy atom. The Morgan fingerprint density at radius 2 is 2.10 bits per heavy atom. The molecule has 3 aliphatic rings. The highest BCUT2D eigenvalue weighted by Gasteiger charge is 2.61. The Bertz CT molecular complexity index is 1240. The van der Waals surface area contributed by atoms with Crippen molar-refractivity contribution < 1.29 is 18.7 Å². The number of nitrogens with zero attached hydrogens (tertiary/aromatic N) is 1. The average Bonchev–Trinajstić information content (AvgIpc) is 3.33. The summed E-state index contributed by atoms with van der Waals surface area (Å²) in [6, 6.07) is 9.22. The number of benzene rings is 1. The lowest BCUT2D eigenvalue weighted by molar-refractivity contribution is -0.123. The Hall–Kier alpha value is -3.31. The number of carbonyl (C=O) groups is 2. The number of furan rings is 1. The molecular formula is C22H16BrN3O4. The van der Waals surface area contributed by atoms with Crippen LogP contribution in [0.2, 0.25) is 0 Å². The Kier molecular flexibility index (Phi) is 3.95. The van der Waals surface area contributed by atoms with E-state index in [1.807, 2.05) is 19.1 Å². The Morgan fingerprint density at radius 3 is 2.80 bits per heavy atom. The van der Waals surface area contributed by atoms with Crippen molar-refractivity contribution in [1.29, 1.82) is 5.26 Å². The van der Waals surface area contributed by atoms with Crippen molar-refractivity contribution in [1.82, 2.24) is 0 Å². The van der Waals surface area contributed by atoms with Gasteiger partial charge in [0.25, 0.3) is 0 Å². The van der Waals surface area contributed by atoms with E-state index in [2.05, 4.69) is 21.2 Å². The van der Waals surface area contributed by atoms with Gasteiger partial charge in [-0.1, -0.05) is 22.0 Å². The summed E-state index contributed by atoms with van der Waals surface area (Å²) in [4.78, 5) is 26.9. The van der Waals surface area contributed by atoms with Crippen LogP contribution in [0.5, 0.6) is 0 Å². The number of allylic oxidation sites excluding steroid dienone is 1. The lowest BCUT2D eigenvalue weighted by Gasteiger charge is -2.38. The monoisotopic (exact) mass is 465 g/mol. The van der Waals surface area contributed by atoms with Gasteiger partial charge in [-0.3, -0.25) is 9.59 Å². The second-order valence-electron chi connectivity index (χ2n) is 7.62. The van der Waals surface area contributed by atoms with Crippen molar-refractivity contribution in [3.63, 3.8) is 0 Å². The highest BCUT2D eigenvalue weighted by Crippen LogP contribution is 2.57. The number of hydrogen-bond donors (Lipinski definition) is 2. The Balaban J connectivity index is 1.80. The number of nitrogens with one attached hydrogen (secondary N) is 1. The lowest BCUT2D eigenvalue weighted by Crippen LogP contribution is -2.47. The highest BCUT2D eigenvalue weighted by molar-refractivity contribution is 9.10. The van der Waals surface area contributed by atoms with Crippen LogP contribution in [0.25, 0.3) is 0 Å². The predicted molar refractivity (Wildman–Crippen MR) is 110 cm³/mol. The third-order valence-corrected chi connectivity index (χ3v) is 7.03. The molecule has 1 amide bonds. The van der Waals surface area contributed by atoms with Crippen LogP contribution < -0.4 is 11.1 Å². The molecule has 3 N–H and O–H groups in total. The largest absolute Gasteiger partial charge is 0.469 e. The van der Waals surface area contributed by atoms with Crippen LogP contribution in [0.3, 0.4) is 0 Å². The molecular weight excluding hydrogens is 450 g/mol. The van der Waals surface area contributed by atoms with Gasteiger partial charge in [0.2, 0.25) is 11.8 Å². The molecule has 2 atom stereocenters. The molecule has 0 saturated carbocycles. The number of halogens is 1. The molecule has 5 rings (SSSR count). The van der Waals surface area contributed by atoms with Crippen molar-refractivity contribution in [3.8, 4) is 6.07 Å². The first-order valence-electron chi connectivity index (χ1n) is 9.39. The van der Waals surface area contributed by atoms with Crippen molar-refractivity contribution in [3.05, 3.63) is 74.7 Å². The molecule has 3 heterocycles. The summed E-state index contributed by atoms with van der Waals surface area (Å²) >= 11 is 3.57. The molecule has 0 unspecified atom stereocenters. The first kappa shape index (κ1) is 18.7. The van der Waals surface area contributed by atoms with E-state index in [0.29, 0.717) is 33.7 Å². The number of rotatable bonds is 1. The minimum Gasteiger partial charge on any atom is -0.469 e. The third-order valence-electron chi connectivity index (χ3n) is 6.01. The topological polar surface area (TPSA) is 118 Å². The number of anilines is 1. The third kappa shape index (κ3) is 2.24. The van der Waals surface area contributed by atoms with Crippen LogP contribution in [0.4, 0.5) is 5.69 Å². The average molecular weight is 466 g/mol. The maximum absolute atomic E-state index is 13.5. The summed E-state index contributed by atoms with van der Waals surface area (Å²) in [5.41, 5.74) is 6.52. The van der Waals surface area contributed by atoms with Gasteiger partial charge in [-0.25, -0.2) is 0 Å². The molecule has 1 aromatic carbocycles. The standard InChI is InChI=1S/C22H16BrN3O4/c1-10-4-5-13-17(19(10)23)22(21(28)26-13)12(9-24)20(25)30-16-8-11(7-14(27)18(16)22)15-3-2-6-29-15/h2-6,11H,7-8,25H2,1H3,(H,26,28)/t11-,22-/m1/s1. The SMILES string of the molecule is Cc1ccc2c(c1Br)[C@]1(C(=O)N2)C(C#N)=C(N)OC2=C1C(=O)C[C@@H](c1ccco1)C2. The predicted octanol–water partition coefficient (Wildman–Crippen LogP) is 3.67. The van der Waals surface area contributed by atoms with Gasteiger partial charge in [0.15, 0.2) is 5.78 Å². The van der Waals surface area contributed by atoms with Gasteiger partial charge >= 0.3 is 0 Å². The smallest absolute Gasteiger partial charge is 0.245 e. The van der Waals surface area contributed by atoms with Crippen molar-refractivity contribution in [2.24, 2.45) is 5.73 Å². The summed E-state index contributed by atoms with van der Waals surface area (Å²) < 4.78 is 11.9. The van der Waals surface area contributed by atoms with Crippen LogP contribution in [0.15, 0.2) is 62.2 Å². The number of fused-ring (bicyclic) bond motifs is 3. The zero-order valence-corrected chi connectivity index (χ0v) is 17.5. The number of amides is 1. The molecule has 150 valence electrons. The molecule has 1 spiro atoms. The summed E-state index contributed by atoms with van der Waals surface area (Å²) in [5, 5.41) is 12.8. The molecule has 8 heteroatoms. The van der Waals surface area contributed by atoms with E-state index >= 15 is 0 Å². The van der Waals surface area contributed by atoms with E-state index in [4.69, 9.17) is 14.9 Å². The maximum Gasteiger partial charge on any atom is 0.245 e. The zero-order chi connectivity index (χ0) is 21.2. The Labute approximate surface area is 180 Å². The highest BCUT2D eigenvalue weighted by atomic mass is 79.9. The summed E-state index contributed by atoms with van der Waals surface area (Å²) in [5.74, 6) is -0.182. The number of hydrogen-bond acceptors (Lipinski definition) is 6. The van der Waals surface area contributed by atoms with E-state index in [1.165, 1.54) is 0 Å². The van der Waals surface area contributed by atoms with Gasteiger partial charge < -0.3 is 20.2 Å². The first-order chi connectivity index (χ1) is 14.4. The number of nitriles is 1. The van der Waals surface area contributed by atoms with Crippen molar-refractivity contribution in [2.45, 2.75) is 31.1 Å².